The van der Waals surface area contributed by atoms with E-state index in [-0.39, 0.29) is 16.3 Å². The van der Waals surface area contributed by atoms with Crippen molar-refractivity contribution in [3.63, 3.8) is 0 Å². The summed E-state index contributed by atoms with van der Waals surface area (Å²) < 4.78 is 5.37. The molecule has 0 heterocycles. The van der Waals surface area contributed by atoms with Gasteiger partial charge in [0.1, 0.15) is 5.60 Å². The molecule has 0 aliphatic heterocycles. The van der Waals surface area contributed by atoms with Crippen molar-refractivity contribution in [2.24, 2.45) is 0 Å². The van der Waals surface area contributed by atoms with Crippen molar-refractivity contribution in [1.29, 1.82) is 0 Å². The fraction of sp³-hybridized carbons (Fsp3) is 0.333. The van der Waals surface area contributed by atoms with Crippen LogP contribution >= 0.6 is 27.5 Å². The minimum Gasteiger partial charge on any atom is -0.478 e. The van der Waals surface area contributed by atoms with Gasteiger partial charge in [-0.2, -0.15) is 0 Å². The van der Waals surface area contributed by atoms with E-state index in [2.05, 4.69) is 21.2 Å². The topological polar surface area (TPSA) is 75.6 Å². The van der Waals surface area contributed by atoms with Crippen molar-refractivity contribution in [3.05, 3.63) is 27.2 Å². The van der Waals surface area contributed by atoms with Gasteiger partial charge in [0.15, 0.2) is 0 Å². The second kappa shape index (κ2) is 5.79. The van der Waals surface area contributed by atoms with Crippen LogP contribution in [0.25, 0.3) is 0 Å². The first-order valence-corrected chi connectivity index (χ1v) is 6.50. The van der Waals surface area contributed by atoms with Crippen LogP contribution in [0, 0.1) is 0 Å². The summed E-state index contributed by atoms with van der Waals surface area (Å²) in [5.41, 5.74) is -0.817. The maximum atomic E-state index is 11.7. The molecular formula is C12H13BrClNO4. The lowest BCUT2D eigenvalue weighted by atomic mass is 10.2. The standard InChI is InChI=1S/C12H13BrClNO4/c1-12(2,3)19-11(18)15-9-7(14)5-4-6(13)8(9)10(16)17/h4-5H,1-3H3,(H,15,18)(H,16,17). The van der Waals surface area contributed by atoms with E-state index in [1.807, 2.05) is 0 Å². The number of halogens is 2. The molecule has 0 fully saturated rings. The third-order valence-electron chi connectivity index (χ3n) is 1.94. The Kier molecular flexibility index (Phi) is 4.81. The van der Waals surface area contributed by atoms with E-state index in [1.54, 1.807) is 20.8 Å². The molecule has 0 radical (unpaired) electrons. The van der Waals surface area contributed by atoms with Gasteiger partial charge in [-0.15, -0.1) is 0 Å². The maximum absolute atomic E-state index is 11.7. The number of ether oxygens (including phenoxy) is 1. The van der Waals surface area contributed by atoms with Gasteiger partial charge >= 0.3 is 12.1 Å². The van der Waals surface area contributed by atoms with Gasteiger partial charge < -0.3 is 9.84 Å². The fourth-order valence-electron chi connectivity index (χ4n) is 1.29. The number of hydrogen-bond acceptors (Lipinski definition) is 3. The molecule has 2 N–H and O–H groups in total. The van der Waals surface area contributed by atoms with Crippen molar-refractivity contribution >= 4 is 45.3 Å². The molecule has 1 amide bonds. The summed E-state index contributed by atoms with van der Waals surface area (Å²) in [5.74, 6) is -1.21. The number of carbonyl (C=O) groups is 2. The smallest absolute Gasteiger partial charge is 0.412 e. The van der Waals surface area contributed by atoms with E-state index in [0.29, 0.717) is 4.47 Å². The Morgan fingerprint density at radius 1 is 1.37 bits per heavy atom. The molecule has 7 heteroatoms. The molecule has 1 aromatic carbocycles. The molecule has 19 heavy (non-hydrogen) atoms. The third kappa shape index (κ3) is 4.40. The minimum absolute atomic E-state index is 0.00204. The number of anilines is 1. The predicted octanol–water partition coefficient (Wildman–Crippen LogP) is 4.15. The summed E-state index contributed by atoms with van der Waals surface area (Å²) in [6.45, 7) is 5.10. The van der Waals surface area contributed by atoms with Crippen LogP contribution in [0.1, 0.15) is 31.1 Å². The summed E-state index contributed by atoms with van der Waals surface area (Å²) in [6.07, 6.45) is -0.769. The molecule has 0 atom stereocenters. The molecule has 1 rings (SSSR count). The number of carboxylic acid groups (broad SMARTS) is 1. The number of benzene rings is 1. The summed E-state index contributed by atoms with van der Waals surface area (Å²) >= 11 is 9.01. The van der Waals surface area contributed by atoms with Gasteiger partial charge in [-0.25, -0.2) is 9.59 Å². The number of rotatable bonds is 2. The van der Waals surface area contributed by atoms with Crippen LogP contribution < -0.4 is 5.32 Å². The normalized spacial score (nSPS) is 11.0. The van der Waals surface area contributed by atoms with Crippen molar-refractivity contribution < 1.29 is 19.4 Å². The molecule has 1 aromatic rings. The molecule has 0 saturated carbocycles. The van der Waals surface area contributed by atoms with E-state index in [0.717, 1.165) is 0 Å². The number of carboxylic acids is 1. The highest BCUT2D eigenvalue weighted by molar-refractivity contribution is 9.10. The first-order valence-electron chi connectivity index (χ1n) is 5.33. The second-order valence-electron chi connectivity index (χ2n) is 4.71. The van der Waals surface area contributed by atoms with E-state index < -0.39 is 17.7 Å². The number of amides is 1. The molecular weight excluding hydrogens is 337 g/mol. The maximum Gasteiger partial charge on any atom is 0.412 e. The van der Waals surface area contributed by atoms with Crippen molar-refractivity contribution in [1.82, 2.24) is 0 Å². The zero-order chi connectivity index (χ0) is 14.8. The third-order valence-corrected chi connectivity index (χ3v) is 2.92. The molecule has 0 aromatic heterocycles. The van der Waals surface area contributed by atoms with Gasteiger partial charge in [-0.3, -0.25) is 5.32 Å². The average molecular weight is 351 g/mol. The summed E-state index contributed by atoms with van der Waals surface area (Å²) in [4.78, 5) is 22.8. The molecule has 5 nitrogen and oxygen atoms in total. The molecule has 0 bridgehead atoms. The van der Waals surface area contributed by atoms with Crippen molar-refractivity contribution in [2.75, 3.05) is 5.32 Å². The summed E-state index contributed by atoms with van der Waals surface area (Å²) in [5, 5.41) is 11.6. The number of aromatic carboxylic acids is 1. The minimum atomic E-state index is -1.21. The van der Waals surface area contributed by atoms with Crippen LogP contribution in [0.5, 0.6) is 0 Å². The second-order valence-corrected chi connectivity index (χ2v) is 5.97. The van der Waals surface area contributed by atoms with Gasteiger partial charge in [0.25, 0.3) is 0 Å². The first kappa shape index (κ1) is 15.8. The van der Waals surface area contributed by atoms with E-state index in [4.69, 9.17) is 21.4 Å². The van der Waals surface area contributed by atoms with Gasteiger partial charge in [-0.05, 0) is 48.8 Å². The van der Waals surface area contributed by atoms with Gasteiger partial charge in [0.2, 0.25) is 0 Å². The Balaban J connectivity index is 3.10. The van der Waals surface area contributed by atoms with Crippen LogP contribution in [0.15, 0.2) is 16.6 Å². The average Bonchev–Trinajstić information content (AvgIpc) is 2.20. The first-order chi connectivity index (χ1) is 8.61. The largest absolute Gasteiger partial charge is 0.478 e. The molecule has 0 aliphatic rings. The van der Waals surface area contributed by atoms with E-state index in [9.17, 15) is 9.59 Å². The lowest BCUT2D eigenvalue weighted by molar-refractivity contribution is 0.0636. The predicted molar refractivity (Wildman–Crippen MR) is 76.0 cm³/mol. The Hall–Kier alpha value is -1.27. The summed E-state index contributed by atoms with van der Waals surface area (Å²) in [7, 11) is 0. The van der Waals surface area contributed by atoms with Crippen LogP contribution in [0.3, 0.4) is 0 Å². The van der Waals surface area contributed by atoms with Gasteiger partial charge in [-0.1, -0.05) is 11.6 Å². The lowest BCUT2D eigenvalue weighted by Gasteiger charge is -2.20. The quantitative estimate of drug-likeness (QED) is 0.840. The van der Waals surface area contributed by atoms with Crippen LogP contribution in [-0.2, 0) is 4.74 Å². The number of carbonyl (C=O) groups excluding carboxylic acids is 1. The zero-order valence-corrected chi connectivity index (χ0v) is 12.9. The van der Waals surface area contributed by atoms with Crippen molar-refractivity contribution in [2.45, 2.75) is 26.4 Å². The zero-order valence-electron chi connectivity index (χ0n) is 10.6. The Labute approximate surface area is 124 Å². The molecule has 0 aliphatic carbocycles. The highest BCUT2D eigenvalue weighted by atomic mass is 79.9. The summed E-state index contributed by atoms with van der Waals surface area (Å²) in [6, 6.07) is 2.97. The van der Waals surface area contributed by atoms with E-state index >= 15 is 0 Å². The Morgan fingerprint density at radius 3 is 2.42 bits per heavy atom. The monoisotopic (exact) mass is 349 g/mol. The highest BCUT2D eigenvalue weighted by Gasteiger charge is 2.22. The number of hydrogen-bond donors (Lipinski definition) is 2. The lowest BCUT2D eigenvalue weighted by Crippen LogP contribution is -2.28. The van der Waals surface area contributed by atoms with E-state index in [1.165, 1.54) is 12.1 Å². The van der Waals surface area contributed by atoms with Gasteiger partial charge in [0, 0.05) is 4.47 Å². The Morgan fingerprint density at radius 2 is 1.95 bits per heavy atom. The Bertz CT molecular complexity index is 525. The molecule has 0 spiro atoms. The molecule has 0 saturated heterocycles. The number of nitrogens with one attached hydrogen (secondary N) is 1. The highest BCUT2D eigenvalue weighted by Crippen LogP contribution is 2.32. The fourth-order valence-corrected chi connectivity index (χ4v) is 1.99. The van der Waals surface area contributed by atoms with Crippen molar-refractivity contribution in [3.8, 4) is 0 Å². The molecule has 0 unspecified atom stereocenters. The SMILES string of the molecule is CC(C)(C)OC(=O)Nc1c(Cl)ccc(Br)c1C(=O)O. The molecule has 104 valence electrons. The van der Waals surface area contributed by atoms with Crippen LogP contribution in [-0.4, -0.2) is 22.8 Å². The van der Waals surface area contributed by atoms with Gasteiger partial charge in [0.05, 0.1) is 16.3 Å². The van der Waals surface area contributed by atoms with Crippen LogP contribution in [0.4, 0.5) is 10.5 Å². The van der Waals surface area contributed by atoms with Crippen LogP contribution in [0.2, 0.25) is 5.02 Å².